The van der Waals surface area contributed by atoms with Gasteiger partial charge in [0, 0.05) is 40.2 Å². The average molecular weight is 543 g/mol. The maximum absolute atomic E-state index is 13.4. The second-order valence-electron chi connectivity index (χ2n) is 9.65. The number of hydrogen-bond acceptors (Lipinski definition) is 6. The first-order chi connectivity index (χ1) is 20.0. The molecule has 0 fully saturated rings. The van der Waals surface area contributed by atoms with Crippen LogP contribution in [0.15, 0.2) is 103 Å². The van der Waals surface area contributed by atoms with Gasteiger partial charge in [-0.3, -0.25) is 4.79 Å². The highest BCUT2D eigenvalue weighted by molar-refractivity contribution is 6.00. The van der Waals surface area contributed by atoms with Gasteiger partial charge in [-0.15, -0.1) is 0 Å². The third-order valence-corrected chi connectivity index (χ3v) is 6.99. The Morgan fingerprint density at radius 3 is 2.17 bits per heavy atom. The number of nitrogens with one attached hydrogen (secondary N) is 2. The van der Waals surface area contributed by atoms with E-state index in [0.717, 1.165) is 33.3 Å². The van der Waals surface area contributed by atoms with Gasteiger partial charge in [0.1, 0.15) is 11.8 Å². The van der Waals surface area contributed by atoms with Crippen molar-refractivity contribution in [3.63, 3.8) is 0 Å². The van der Waals surface area contributed by atoms with Gasteiger partial charge in [-0.05, 0) is 42.0 Å². The van der Waals surface area contributed by atoms with Crippen LogP contribution >= 0.6 is 0 Å². The van der Waals surface area contributed by atoms with E-state index >= 15 is 0 Å². The Labute approximate surface area is 235 Å². The highest BCUT2D eigenvalue weighted by Crippen LogP contribution is 2.31. The summed E-state index contributed by atoms with van der Waals surface area (Å²) in [5.41, 5.74) is 6.40. The normalized spacial score (nSPS) is 11.8. The minimum Gasteiger partial charge on any atom is -0.508 e. The van der Waals surface area contributed by atoms with Gasteiger partial charge in [-0.25, -0.2) is 14.8 Å². The van der Waals surface area contributed by atoms with E-state index in [1.54, 1.807) is 42.6 Å². The van der Waals surface area contributed by atoms with Crippen LogP contribution < -0.4 is 5.32 Å². The van der Waals surface area contributed by atoms with Gasteiger partial charge in [-0.2, -0.15) is 0 Å². The molecular formula is C33H26N4O4. The number of phenolic OH excluding ortho intramolecular Hbond substituents is 1. The summed E-state index contributed by atoms with van der Waals surface area (Å²) in [7, 11) is 1.28. The summed E-state index contributed by atoms with van der Waals surface area (Å²) >= 11 is 0. The molecule has 0 aliphatic rings. The van der Waals surface area contributed by atoms with E-state index in [-0.39, 0.29) is 12.2 Å². The molecule has 3 N–H and O–H groups in total. The first-order valence-corrected chi connectivity index (χ1v) is 13.1. The molecule has 2 heterocycles. The van der Waals surface area contributed by atoms with Crippen LogP contribution in [0.2, 0.25) is 0 Å². The minimum atomic E-state index is -0.948. The number of carbonyl (C=O) groups is 2. The Kier molecular flexibility index (Phi) is 6.87. The highest BCUT2D eigenvalue weighted by atomic mass is 16.5. The number of phenols is 1. The number of nitrogens with zero attached hydrogens (tertiary/aromatic N) is 2. The lowest BCUT2D eigenvalue weighted by molar-refractivity contribution is -0.142. The van der Waals surface area contributed by atoms with E-state index in [1.165, 1.54) is 7.11 Å². The minimum absolute atomic E-state index is 0.111. The zero-order chi connectivity index (χ0) is 28.3. The molecule has 2 aromatic heterocycles. The van der Waals surface area contributed by atoms with Crippen molar-refractivity contribution >= 4 is 33.8 Å². The molecule has 0 aliphatic carbocycles. The molecule has 1 amide bonds. The maximum Gasteiger partial charge on any atom is 0.328 e. The Bertz CT molecular complexity index is 1880. The van der Waals surface area contributed by atoms with Crippen LogP contribution in [0.1, 0.15) is 15.9 Å². The predicted octanol–water partition coefficient (Wildman–Crippen LogP) is 5.66. The smallest absolute Gasteiger partial charge is 0.328 e. The maximum atomic E-state index is 13.4. The molecule has 0 unspecified atom stereocenters. The molecule has 4 aromatic carbocycles. The summed E-state index contributed by atoms with van der Waals surface area (Å²) in [6, 6.07) is 28.8. The fourth-order valence-corrected chi connectivity index (χ4v) is 4.92. The van der Waals surface area contributed by atoms with Gasteiger partial charge in [0.15, 0.2) is 0 Å². The predicted molar refractivity (Wildman–Crippen MR) is 157 cm³/mol. The number of hydrogen-bond donors (Lipinski definition) is 3. The third kappa shape index (κ3) is 5.23. The van der Waals surface area contributed by atoms with Crippen molar-refractivity contribution in [1.82, 2.24) is 20.3 Å². The Morgan fingerprint density at radius 2 is 1.51 bits per heavy atom. The molecule has 0 bridgehead atoms. The number of aromatic hydroxyl groups is 1. The fraction of sp³-hybridized carbons (Fsp3) is 0.0909. The van der Waals surface area contributed by atoms with Crippen LogP contribution in [0.4, 0.5) is 0 Å². The first-order valence-electron chi connectivity index (χ1n) is 13.1. The number of amides is 1. The standard InChI is InChI=1S/C33H26N4O4/c1-41-33(40)29(17-23-19-34-26-15-13-24(38)18-25(23)26)37-32(39)22-12-14-27-28(16-22)36-31(21-10-6-3-7-11-21)30(35-27)20-8-4-2-5-9-20/h2-16,18-19,29,34,38H,17H2,1H3,(H,37,39)/t29-/m0/s1. The quantitative estimate of drug-likeness (QED) is 0.224. The van der Waals surface area contributed by atoms with E-state index in [9.17, 15) is 14.7 Å². The van der Waals surface area contributed by atoms with Crippen LogP contribution in [0.3, 0.4) is 0 Å². The molecule has 1 atom stereocenters. The lowest BCUT2D eigenvalue weighted by atomic mass is 10.0. The number of benzene rings is 4. The van der Waals surface area contributed by atoms with E-state index in [1.807, 2.05) is 60.7 Å². The molecular weight excluding hydrogens is 516 g/mol. The summed E-state index contributed by atoms with van der Waals surface area (Å²) < 4.78 is 4.99. The zero-order valence-electron chi connectivity index (χ0n) is 22.2. The van der Waals surface area contributed by atoms with Crippen LogP contribution in [-0.2, 0) is 16.0 Å². The van der Waals surface area contributed by atoms with Crippen LogP contribution in [0.25, 0.3) is 44.5 Å². The second kappa shape index (κ2) is 10.9. The average Bonchev–Trinajstić information content (AvgIpc) is 3.41. The summed E-state index contributed by atoms with van der Waals surface area (Å²) in [6.07, 6.45) is 1.93. The first kappa shape index (κ1) is 25.8. The number of ether oxygens (including phenoxy) is 1. The molecule has 41 heavy (non-hydrogen) atoms. The summed E-state index contributed by atoms with van der Waals surface area (Å²) in [5.74, 6) is -0.910. The monoisotopic (exact) mass is 542 g/mol. The summed E-state index contributed by atoms with van der Waals surface area (Å²) in [4.78, 5) is 39.1. The SMILES string of the molecule is COC(=O)[C@H](Cc1c[nH]c2ccc(O)cc12)NC(=O)c1ccc2nc(-c3ccccc3)c(-c3ccccc3)nc2c1. The fourth-order valence-electron chi connectivity index (χ4n) is 4.92. The van der Waals surface area contributed by atoms with Crippen molar-refractivity contribution in [1.29, 1.82) is 0 Å². The van der Waals surface area contributed by atoms with Gasteiger partial charge in [0.25, 0.3) is 5.91 Å². The van der Waals surface area contributed by atoms with Gasteiger partial charge in [-0.1, -0.05) is 60.7 Å². The summed E-state index contributed by atoms with van der Waals surface area (Å²) in [5, 5.41) is 13.5. The van der Waals surface area contributed by atoms with Crippen LogP contribution in [0, 0.1) is 0 Å². The number of fused-ring (bicyclic) bond motifs is 2. The number of carbonyl (C=O) groups excluding carboxylic acids is 2. The molecule has 0 radical (unpaired) electrons. The van der Waals surface area contributed by atoms with E-state index in [0.29, 0.717) is 22.3 Å². The number of H-pyrrole nitrogens is 1. The zero-order valence-corrected chi connectivity index (χ0v) is 22.2. The van der Waals surface area contributed by atoms with E-state index in [2.05, 4.69) is 10.3 Å². The number of methoxy groups -OCH3 is 1. The van der Waals surface area contributed by atoms with E-state index in [4.69, 9.17) is 14.7 Å². The number of aromatic amines is 1. The number of rotatable bonds is 7. The Balaban J connectivity index is 1.34. The molecule has 8 heteroatoms. The van der Waals surface area contributed by atoms with Crippen molar-refractivity contribution < 1.29 is 19.4 Å². The molecule has 8 nitrogen and oxygen atoms in total. The molecule has 6 aromatic rings. The summed E-state index contributed by atoms with van der Waals surface area (Å²) in [6.45, 7) is 0. The van der Waals surface area contributed by atoms with Gasteiger partial charge in [0.05, 0.1) is 29.5 Å². The van der Waals surface area contributed by atoms with E-state index < -0.39 is 17.9 Å². The van der Waals surface area contributed by atoms with Crippen molar-refractivity contribution in [2.45, 2.75) is 12.5 Å². The van der Waals surface area contributed by atoms with Crippen molar-refractivity contribution in [3.05, 3.63) is 114 Å². The van der Waals surface area contributed by atoms with Crippen LogP contribution in [-0.4, -0.2) is 45.1 Å². The van der Waals surface area contributed by atoms with Gasteiger partial charge < -0.3 is 20.1 Å². The van der Waals surface area contributed by atoms with Gasteiger partial charge in [0.2, 0.25) is 0 Å². The lowest BCUT2D eigenvalue weighted by Crippen LogP contribution is -2.43. The molecule has 0 spiro atoms. The van der Waals surface area contributed by atoms with Gasteiger partial charge >= 0.3 is 5.97 Å². The largest absolute Gasteiger partial charge is 0.508 e. The van der Waals surface area contributed by atoms with Crippen molar-refractivity contribution in [2.24, 2.45) is 0 Å². The molecule has 0 aliphatic heterocycles. The van der Waals surface area contributed by atoms with Crippen LogP contribution in [0.5, 0.6) is 5.75 Å². The van der Waals surface area contributed by atoms with Crippen molar-refractivity contribution in [2.75, 3.05) is 7.11 Å². The van der Waals surface area contributed by atoms with Crippen molar-refractivity contribution in [3.8, 4) is 28.3 Å². The Morgan fingerprint density at radius 1 is 0.854 bits per heavy atom. The molecule has 202 valence electrons. The molecule has 0 saturated heterocycles. The topological polar surface area (TPSA) is 117 Å². The number of esters is 1. The number of aromatic nitrogens is 3. The third-order valence-electron chi connectivity index (χ3n) is 6.99. The Hall–Kier alpha value is -5.50. The lowest BCUT2D eigenvalue weighted by Gasteiger charge is -2.17. The molecule has 0 saturated carbocycles. The second-order valence-corrected chi connectivity index (χ2v) is 9.65. The molecule has 6 rings (SSSR count). The highest BCUT2D eigenvalue weighted by Gasteiger charge is 2.24.